The third kappa shape index (κ3) is 7.33. The lowest BCUT2D eigenvalue weighted by Gasteiger charge is -2.21. The lowest BCUT2D eigenvalue weighted by molar-refractivity contribution is -0.140. The fraction of sp³-hybridized carbons (Fsp3) is 0.600. The molecule has 7 nitrogen and oxygen atoms in total. The van der Waals surface area contributed by atoms with E-state index in [1.165, 1.54) is 21.3 Å². The van der Waals surface area contributed by atoms with Gasteiger partial charge in [0.2, 0.25) is 0 Å². The maximum atomic E-state index is 11.4. The number of rotatable bonds is 9. The second-order valence-electron chi connectivity index (χ2n) is 3.11. The van der Waals surface area contributed by atoms with Crippen LogP contribution in [0.4, 0.5) is 0 Å². The third-order valence-corrected chi connectivity index (χ3v) is 4.15. The molecule has 0 aromatic heterocycles. The summed E-state index contributed by atoms with van der Waals surface area (Å²) in [7, 11) is 0.434. The van der Waals surface area contributed by atoms with Gasteiger partial charge in [0.25, 0.3) is 0 Å². The van der Waals surface area contributed by atoms with Crippen LogP contribution in [0.25, 0.3) is 0 Å². The Hall–Kier alpha value is -0.873. The fourth-order valence-corrected chi connectivity index (χ4v) is 2.15. The van der Waals surface area contributed by atoms with Crippen molar-refractivity contribution in [1.29, 1.82) is 0 Å². The van der Waals surface area contributed by atoms with E-state index in [-0.39, 0.29) is 6.61 Å². The molecule has 0 rings (SSSR count). The van der Waals surface area contributed by atoms with E-state index in [4.69, 9.17) is 22.4 Å². The molecule has 0 atom stereocenters. The van der Waals surface area contributed by atoms with Gasteiger partial charge in [0.15, 0.2) is 0 Å². The third-order valence-electron chi connectivity index (χ3n) is 1.88. The number of hydrogen-bond acceptors (Lipinski definition) is 8. The zero-order valence-corrected chi connectivity index (χ0v) is 13.0. The highest BCUT2D eigenvalue weighted by Crippen LogP contribution is 2.08. The molecule has 0 N–H and O–H groups in total. The molecule has 0 radical (unpaired) electrons. The van der Waals surface area contributed by atoms with Crippen molar-refractivity contribution in [1.82, 2.24) is 0 Å². The average molecular weight is 310 g/mol. The lowest BCUT2D eigenvalue weighted by atomic mass is 10.5. The molecule has 0 saturated carbocycles. The number of carbonyl (C=O) groups is 2. The Balaban J connectivity index is 4.25. The Morgan fingerprint density at radius 3 is 2.05 bits per heavy atom. The van der Waals surface area contributed by atoms with Crippen molar-refractivity contribution in [3.63, 3.8) is 0 Å². The highest BCUT2D eigenvalue weighted by atomic mass is 32.1. The van der Waals surface area contributed by atoms with E-state index < -0.39 is 21.0 Å². The van der Waals surface area contributed by atoms with Gasteiger partial charge < -0.3 is 22.4 Å². The summed E-state index contributed by atoms with van der Waals surface area (Å²) in [6.07, 6.45) is 2.52. The largest absolute Gasteiger partial charge is 0.751 e. The fourth-order valence-electron chi connectivity index (χ4n) is 0.954. The summed E-state index contributed by atoms with van der Waals surface area (Å²) in [5.41, 5.74) is 0. The first-order valence-electron chi connectivity index (χ1n) is 5.37. The molecule has 0 aliphatic carbocycles. The lowest BCUT2D eigenvalue weighted by Crippen LogP contribution is -2.47. The molecular formula is C10H18O7SSi. The predicted octanol–water partition coefficient (Wildman–Crippen LogP) is 0.324. The first-order chi connectivity index (χ1) is 9.03. The number of ether oxygens (including phenoxy) is 1. The van der Waals surface area contributed by atoms with Crippen molar-refractivity contribution in [2.45, 2.75) is 6.42 Å². The first kappa shape index (κ1) is 18.1. The van der Waals surface area contributed by atoms with Gasteiger partial charge in [-0.25, -0.2) is 9.59 Å². The van der Waals surface area contributed by atoms with Gasteiger partial charge in [-0.2, -0.15) is 12.6 Å². The smallest absolute Gasteiger partial charge is 0.462 e. The van der Waals surface area contributed by atoms with Crippen LogP contribution in [-0.2, 0) is 32.0 Å². The van der Waals surface area contributed by atoms with Crippen LogP contribution in [0.1, 0.15) is 6.42 Å². The summed E-state index contributed by atoms with van der Waals surface area (Å²) >= 11 is 3.97. The SMILES string of the molecule is CO[Si](OC)(OC)OC(=O)/C=C\C(=O)OCCCS. The standard InChI is InChI=1S/C10H18O7SSi/c1-13-19(14-2,15-3)17-10(12)6-5-9(11)16-7-4-8-18/h5-6,18H,4,7-8H2,1-3H3/b6-5-. The quantitative estimate of drug-likeness (QED) is 0.216. The summed E-state index contributed by atoms with van der Waals surface area (Å²) < 4.78 is 24.3. The Labute approximate surface area is 118 Å². The average Bonchev–Trinajstić information content (AvgIpc) is 2.43. The second-order valence-corrected chi connectivity index (χ2v) is 5.99. The monoisotopic (exact) mass is 310 g/mol. The topological polar surface area (TPSA) is 80.3 Å². The van der Waals surface area contributed by atoms with Gasteiger partial charge in [0.05, 0.1) is 6.61 Å². The molecule has 0 unspecified atom stereocenters. The van der Waals surface area contributed by atoms with E-state index in [0.717, 1.165) is 12.2 Å². The van der Waals surface area contributed by atoms with Gasteiger partial charge >= 0.3 is 21.0 Å². The van der Waals surface area contributed by atoms with Crippen LogP contribution in [0.3, 0.4) is 0 Å². The maximum Gasteiger partial charge on any atom is 0.751 e. The number of thiol groups is 1. The van der Waals surface area contributed by atoms with Crippen molar-refractivity contribution in [3.8, 4) is 0 Å². The number of carbonyl (C=O) groups excluding carboxylic acids is 2. The zero-order valence-electron chi connectivity index (χ0n) is 11.1. The van der Waals surface area contributed by atoms with Crippen molar-refractivity contribution >= 4 is 33.6 Å². The molecule has 0 bridgehead atoms. The maximum absolute atomic E-state index is 11.4. The van der Waals surface area contributed by atoms with Crippen molar-refractivity contribution < 1.29 is 32.0 Å². The second kappa shape index (κ2) is 9.98. The number of esters is 1. The van der Waals surface area contributed by atoms with Crippen LogP contribution < -0.4 is 0 Å². The van der Waals surface area contributed by atoms with Gasteiger partial charge in [-0.05, 0) is 12.2 Å². The summed E-state index contributed by atoms with van der Waals surface area (Å²) in [6.45, 7) is 0.245. The van der Waals surface area contributed by atoms with Crippen LogP contribution in [0.2, 0.25) is 0 Å². The van der Waals surface area contributed by atoms with Crippen molar-refractivity contribution in [3.05, 3.63) is 12.2 Å². The summed E-state index contributed by atoms with van der Waals surface area (Å²) in [4.78, 5) is 22.6. The molecule has 0 fully saturated rings. The van der Waals surface area contributed by atoms with Gasteiger partial charge in [0.1, 0.15) is 0 Å². The zero-order chi connectivity index (χ0) is 14.7. The van der Waals surface area contributed by atoms with E-state index in [1.807, 2.05) is 0 Å². The molecular weight excluding hydrogens is 292 g/mol. The molecule has 110 valence electrons. The molecule has 0 amide bonds. The van der Waals surface area contributed by atoms with Crippen molar-refractivity contribution in [2.24, 2.45) is 0 Å². The van der Waals surface area contributed by atoms with Gasteiger partial charge in [-0.1, -0.05) is 0 Å². The van der Waals surface area contributed by atoms with Gasteiger partial charge in [-0.15, -0.1) is 0 Å². The molecule has 0 aliphatic rings. The molecule has 0 aliphatic heterocycles. The van der Waals surface area contributed by atoms with Crippen LogP contribution in [0, 0.1) is 0 Å². The van der Waals surface area contributed by atoms with Crippen LogP contribution >= 0.6 is 12.6 Å². The normalized spacial score (nSPS) is 11.6. The van der Waals surface area contributed by atoms with Crippen LogP contribution in [0.5, 0.6) is 0 Å². The van der Waals surface area contributed by atoms with E-state index in [0.29, 0.717) is 12.2 Å². The minimum Gasteiger partial charge on any atom is -0.462 e. The van der Waals surface area contributed by atoms with Gasteiger partial charge in [-0.3, -0.25) is 0 Å². The minimum absolute atomic E-state index is 0.245. The van der Waals surface area contributed by atoms with E-state index in [1.54, 1.807) is 0 Å². The molecule has 0 spiro atoms. The van der Waals surface area contributed by atoms with E-state index in [9.17, 15) is 9.59 Å². The number of hydrogen-bond donors (Lipinski definition) is 1. The van der Waals surface area contributed by atoms with Gasteiger partial charge in [0, 0.05) is 33.5 Å². The first-order valence-corrected chi connectivity index (χ1v) is 7.64. The van der Waals surface area contributed by atoms with E-state index >= 15 is 0 Å². The molecule has 0 aromatic carbocycles. The highest BCUT2D eigenvalue weighted by molar-refractivity contribution is 7.80. The molecule has 0 saturated heterocycles. The predicted molar refractivity (Wildman–Crippen MR) is 71.4 cm³/mol. The minimum atomic E-state index is -3.45. The summed E-state index contributed by atoms with van der Waals surface area (Å²) in [6, 6.07) is 0. The highest BCUT2D eigenvalue weighted by Gasteiger charge is 2.46. The Kier molecular flexibility index (Phi) is 9.52. The van der Waals surface area contributed by atoms with E-state index in [2.05, 4.69) is 12.6 Å². The summed E-state index contributed by atoms with van der Waals surface area (Å²) in [5.74, 6) is -0.843. The molecule has 19 heavy (non-hydrogen) atoms. The van der Waals surface area contributed by atoms with Crippen LogP contribution in [-0.4, -0.2) is 54.7 Å². The Morgan fingerprint density at radius 1 is 1.05 bits per heavy atom. The summed E-state index contributed by atoms with van der Waals surface area (Å²) in [5, 5.41) is 0. The molecule has 0 aromatic rings. The Bertz CT molecular complexity index is 309. The van der Waals surface area contributed by atoms with Crippen molar-refractivity contribution in [2.75, 3.05) is 33.7 Å². The molecule has 0 heterocycles. The Morgan fingerprint density at radius 2 is 1.58 bits per heavy atom. The molecule has 9 heteroatoms. The van der Waals surface area contributed by atoms with Crippen LogP contribution in [0.15, 0.2) is 12.2 Å².